The second kappa shape index (κ2) is 5.77. The maximum atomic E-state index is 12.3. The monoisotopic (exact) mass is 277 g/mol. The number of rotatable bonds is 5. The van der Waals surface area contributed by atoms with Crippen molar-refractivity contribution in [1.29, 1.82) is 0 Å². The summed E-state index contributed by atoms with van der Waals surface area (Å²) in [5.41, 5.74) is -0.212. The molecule has 1 aromatic carbocycles. The molecule has 0 saturated heterocycles. The Labute approximate surface area is 108 Å². The summed E-state index contributed by atoms with van der Waals surface area (Å²) in [5.74, 6) is 0. The van der Waals surface area contributed by atoms with Crippen LogP contribution in [-0.4, -0.2) is 31.2 Å². The van der Waals surface area contributed by atoms with E-state index in [9.17, 15) is 23.3 Å². The van der Waals surface area contributed by atoms with Gasteiger partial charge in [0.1, 0.15) is 17.9 Å². The SMILES string of the molecule is CCNc1cccc(N(C)CC(F)(F)F)c1[N+](=O)[O-]. The van der Waals surface area contributed by atoms with Crippen LogP contribution in [0.4, 0.5) is 30.2 Å². The van der Waals surface area contributed by atoms with Gasteiger partial charge in [-0.15, -0.1) is 0 Å². The summed E-state index contributed by atoms with van der Waals surface area (Å²) >= 11 is 0. The zero-order valence-electron chi connectivity index (χ0n) is 10.5. The number of alkyl halides is 3. The van der Waals surface area contributed by atoms with Crippen molar-refractivity contribution in [2.24, 2.45) is 0 Å². The summed E-state index contributed by atoms with van der Waals surface area (Å²) in [6, 6.07) is 4.24. The largest absolute Gasteiger partial charge is 0.405 e. The van der Waals surface area contributed by atoms with E-state index in [-0.39, 0.29) is 17.1 Å². The zero-order valence-corrected chi connectivity index (χ0v) is 10.5. The molecule has 0 amide bonds. The first kappa shape index (κ1) is 15.1. The Bertz CT molecular complexity index is 463. The molecule has 0 saturated carbocycles. The summed E-state index contributed by atoms with van der Waals surface area (Å²) in [6.07, 6.45) is -4.42. The number of para-hydroxylation sites is 1. The molecule has 0 atom stereocenters. The quantitative estimate of drug-likeness (QED) is 0.664. The first-order valence-corrected chi connectivity index (χ1v) is 5.55. The minimum Gasteiger partial charge on any atom is -0.380 e. The van der Waals surface area contributed by atoms with Crippen LogP contribution in [0.3, 0.4) is 0 Å². The van der Waals surface area contributed by atoms with Gasteiger partial charge in [-0.05, 0) is 19.1 Å². The van der Waals surface area contributed by atoms with Gasteiger partial charge in [0.15, 0.2) is 0 Å². The molecule has 0 unspecified atom stereocenters. The van der Waals surface area contributed by atoms with Gasteiger partial charge in [-0.3, -0.25) is 10.1 Å². The molecule has 0 fully saturated rings. The van der Waals surface area contributed by atoms with Gasteiger partial charge in [0.05, 0.1) is 4.92 Å². The van der Waals surface area contributed by atoms with E-state index in [0.717, 1.165) is 4.90 Å². The number of nitro benzene ring substituents is 1. The Morgan fingerprint density at radius 2 is 2.05 bits per heavy atom. The van der Waals surface area contributed by atoms with Crippen LogP contribution >= 0.6 is 0 Å². The van der Waals surface area contributed by atoms with Crippen molar-refractivity contribution in [2.45, 2.75) is 13.1 Å². The fourth-order valence-electron chi connectivity index (χ4n) is 1.72. The van der Waals surface area contributed by atoms with Crippen molar-refractivity contribution in [1.82, 2.24) is 0 Å². The lowest BCUT2D eigenvalue weighted by Gasteiger charge is -2.21. The molecule has 0 bridgehead atoms. The normalized spacial score (nSPS) is 11.2. The van der Waals surface area contributed by atoms with Gasteiger partial charge in [0, 0.05) is 13.6 Å². The molecule has 8 heteroatoms. The molecule has 0 heterocycles. The molecule has 5 nitrogen and oxygen atoms in total. The summed E-state index contributed by atoms with van der Waals surface area (Å²) < 4.78 is 37.0. The predicted octanol–water partition coefficient (Wildman–Crippen LogP) is 3.03. The van der Waals surface area contributed by atoms with Gasteiger partial charge in [-0.25, -0.2) is 0 Å². The standard InChI is InChI=1S/C11H14F3N3O2/c1-3-15-8-5-4-6-9(10(8)17(18)19)16(2)7-11(12,13)14/h4-6,15H,3,7H2,1-2H3. The van der Waals surface area contributed by atoms with E-state index in [4.69, 9.17) is 0 Å². The Morgan fingerprint density at radius 1 is 1.42 bits per heavy atom. The smallest absolute Gasteiger partial charge is 0.380 e. The molecule has 19 heavy (non-hydrogen) atoms. The maximum Gasteiger partial charge on any atom is 0.405 e. The van der Waals surface area contributed by atoms with Gasteiger partial charge >= 0.3 is 11.9 Å². The highest BCUT2D eigenvalue weighted by atomic mass is 19.4. The summed E-state index contributed by atoms with van der Waals surface area (Å²) in [4.78, 5) is 11.2. The molecule has 0 aliphatic heterocycles. The molecule has 0 aromatic heterocycles. The number of nitro groups is 1. The maximum absolute atomic E-state index is 12.3. The highest BCUT2D eigenvalue weighted by Gasteiger charge is 2.32. The van der Waals surface area contributed by atoms with E-state index in [0.29, 0.717) is 6.54 Å². The van der Waals surface area contributed by atoms with Crippen molar-refractivity contribution in [2.75, 3.05) is 30.4 Å². The van der Waals surface area contributed by atoms with Crippen LogP contribution in [0.15, 0.2) is 18.2 Å². The Hall–Kier alpha value is -1.99. The molecule has 0 radical (unpaired) electrons. The summed E-state index contributed by atoms with van der Waals surface area (Å²) in [5, 5.41) is 13.8. The Balaban J connectivity index is 3.19. The van der Waals surface area contributed by atoms with Crippen molar-refractivity contribution < 1.29 is 18.1 Å². The van der Waals surface area contributed by atoms with Crippen LogP contribution in [0.2, 0.25) is 0 Å². The second-order valence-corrected chi connectivity index (χ2v) is 3.93. The van der Waals surface area contributed by atoms with Gasteiger partial charge in [-0.1, -0.05) is 6.07 Å². The number of hydrogen-bond acceptors (Lipinski definition) is 4. The summed E-state index contributed by atoms with van der Waals surface area (Å²) in [7, 11) is 1.17. The fraction of sp³-hybridized carbons (Fsp3) is 0.455. The minimum atomic E-state index is -4.42. The van der Waals surface area contributed by atoms with E-state index in [1.807, 2.05) is 0 Å². The average Bonchev–Trinajstić information content (AvgIpc) is 2.26. The molecule has 0 spiro atoms. The average molecular weight is 277 g/mol. The molecule has 106 valence electrons. The molecule has 1 rings (SSSR count). The van der Waals surface area contributed by atoms with Crippen molar-refractivity contribution in [3.63, 3.8) is 0 Å². The van der Waals surface area contributed by atoms with E-state index < -0.39 is 17.6 Å². The Kier molecular flexibility index (Phi) is 4.57. The summed E-state index contributed by atoms with van der Waals surface area (Å²) in [6.45, 7) is 0.937. The van der Waals surface area contributed by atoms with Gasteiger partial charge in [0.2, 0.25) is 0 Å². The van der Waals surface area contributed by atoms with Gasteiger partial charge < -0.3 is 10.2 Å². The van der Waals surface area contributed by atoms with E-state index in [1.165, 1.54) is 25.2 Å². The van der Waals surface area contributed by atoms with E-state index in [1.54, 1.807) is 6.92 Å². The van der Waals surface area contributed by atoms with Crippen LogP contribution in [0.25, 0.3) is 0 Å². The predicted molar refractivity (Wildman–Crippen MR) is 66.6 cm³/mol. The third kappa shape index (κ3) is 4.01. The van der Waals surface area contributed by atoms with Crippen LogP contribution in [0.1, 0.15) is 6.92 Å². The number of nitrogens with one attached hydrogen (secondary N) is 1. The fourth-order valence-corrected chi connectivity index (χ4v) is 1.72. The minimum absolute atomic E-state index is 0.0687. The van der Waals surface area contributed by atoms with Crippen molar-refractivity contribution >= 4 is 17.1 Å². The number of anilines is 2. The van der Waals surface area contributed by atoms with Crippen molar-refractivity contribution in [3.05, 3.63) is 28.3 Å². The molecule has 1 N–H and O–H groups in total. The molecule has 0 aliphatic carbocycles. The lowest BCUT2D eigenvalue weighted by molar-refractivity contribution is -0.383. The topological polar surface area (TPSA) is 58.4 Å². The van der Waals surface area contributed by atoms with Gasteiger partial charge in [-0.2, -0.15) is 13.2 Å². The van der Waals surface area contributed by atoms with Crippen LogP contribution in [0.5, 0.6) is 0 Å². The molecular formula is C11H14F3N3O2. The molecule has 0 aliphatic rings. The number of halogens is 3. The number of nitrogens with zero attached hydrogens (tertiary/aromatic N) is 2. The molecule has 1 aromatic rings. The van der Waals surface area contributed by atoms with Gasteiger partial charge in [0.25, 0.3) is 0 Å². The van der Waals surface area contributed by atoms with E-state index in [2.05, 4.69) is 5.32 Å². The van der Waals surface area contributed by atoms with Crippen LogP contribution in [-0.2, 0) is 0 Å². The number of hydrogen-bond donors (Lipinski definition) is 1. The van der Waals surface area contributed by atoms with Crippen molar-refractivity contribution in [3.8, 4) is 0 Å². The van der Waals surface area contributed by atoms with E-state index >= 15 is 0 Å². The highest BCUT2D eigenvalue weighted by molar-refractivity contribution is 5.76. The zero-order chi connectivity index (χ0) is 14.6. The first-order chi connectivity index (χ1) is 8.76. The lowest BCUT2D eigenvalue weighted by atomic mass is 10.2. The number of benzene rings is 1. The first-order valence-electron chi connectivity index (χ1n) is 5.55. The third-order valence-corrected chi connectivity index (χ3v) is 2.39. The van der Waals surface area contributed by atoms with Crippen LogP contribution < -0.4 is 10.2 Å². The lowest BCUT2D eigenvalue weighted by Crippen LogP contribution is -2.31. The third-order valence-electron chi connectivity index (χ3n) is 2.39. The molecular weight excluding hydrogens is 263 g/mol. The second-order valence-electron chi connectivity index (χ2n) is 3.93. The van der Waals surface area contributed by atoms with Crippen LogP contribution in [0, 0.1) is 10.1 Å². The highest BCUT2D eigenvalue weighted by Crippen LogP contribution is 2.35. The Morgan fingerprint density at radius 3 is 2.53 bits per heavy atom.